The minimum atomic E-state index is -0.786. The van der Waals surface area contributed by atoms with E-state index < -0.39 is 17.7 Å². The second-order valence-corrected chi connectivity index (χ2v) is 7.23. The molecule has 0 saturated carbocycles. The summed E-state index contributed by atoms with van der Waals surface area (Å²) < 4.78 is 11.3. The normalized spacial score (nSPS) is 19.0. The Morgan fingerprint density at radius 2 is 1.82 bits per heavy atom. The number of nitrogens with zero attached hydrogens (tertiary/aromatic N) is 1. The molecule has 1 saturated heterocycles. The van der Waals surface area contributed by atoms with Gasteiger partial charge in [-0.05, 0) is 39.8 Å². The molecule has 1 aromatic heterocycles. The molecule has 1 fully saturated rings. The highest BCUT2D eigenvalue weighted by Crippen LogP contribution is 2.39. The van der Waals surface area contributed by atoms with E-state index >= 15 is 0 Å². The number of rotatable bonds is 6. The molecule has 148 valence electrons. The van der Waals surface area contributed by atoms with Crippen LogP contribution in [0.15, 0.2) is 46.4 Å². The van der Waals surface area contributed by atoms with Gasteiger partial charge in [0.25, 0.3) is 11.7 Å². The van der Waals surface area contributed by atoms with E-state index in [-0.39, 0.29) is 30.6 Å². The van der Waals surface area contributed by atoms with Gasteiger partial charge in [-0.1, -0.05) is 29.8 Å². The number of likely N-dealkylation sites (tertiary alicyclic amines) is 1. The second kappa shape index (κ2) is 8.02. The number of furan rings is 1. The molecule has 6 nitrogen and oxygen atoms in total. The zero-order valence-electron chi connectivity index (χ0n) is 16.6. The number of aliphatic hydroxyl groups excluding tert-OH is 1. The van der Waals surface area contributed by atoms with Gasteiger partial charge >= 0.3 is 0 Å². The first-order valence-electron chi connectivity index (χ1n) is 9.33. The number of ether oxygens (including phenoxy) is 1. The largest absolute Gasteiger partial charge is 0.507 e. The molecule has 2 heterocycles. The molecule has 3 rings (SSSR count). The van der Waals surface area contributed by atoms with Crippen LogP contribution in [0.1, 0.15) is 42.5 Å². The number of aryl methyl sites for hydroxylation is 2. The number of hydrogen-bond donors (Lipinski definition) is 1. The van der Waals surface area contributed by atoms with E-state index in [1.165, 1.54) is 4.90 Å². The van der Waals surface area contributed by atoms with Gasteiger partial charge in [-0.2, -0.15) is 0 Å². The van der Waals surface area contributed by atoms with Gasteiger partial charge in [0.05, 0.1) is 18.3 Å². The Morgan fingerprint density at radius 3 is 2.39 bits per heavy atom. The Balaban J connectivity index is 2.05. The lowest BCUT2D eigenvalue weighted by Crippen LogP contribution is -2.33. The summed E-state index contributed by atoms with van der Waals surface area (Å²) in [5.74, 6) is -0.490. The number of ketones is 1. The standard InChI is InChI=1S/C22H25NO5/c1-13(2)27-12-11-23-19(17-10-7-15(4)28-17)18(21(25)22(23)26)20(24)16-8-5-14(3)6-9-16/h5-10,13,19,24H,11-12H2,1-4H3/b20-18-. The van der Waals surface area contributed by atoms with Gasteiger partial charge in [-0.15, -0.1) is 0 Å². The number of hydrogen-bond acceptors (Lipinski definition) is 5. The van der Waals surface area contributed by atoms with Crippen molar-refractivity contribution in [1.29, 1.82) is 0 Å². The Kier molecular flexibility index (Phi) is 5.70. The topological polar surface area (TPSA) is 80.0 Å². The highest BCUT2D eigenvalue weighted by Gasteiger charge is 2.47. The SMILES string of the molecule is Cc1ccc(/C(O)=C2/C(=O)C(=O)N(CCOC(C)C)C2c2ccc(C)o2)cc1. The van der Waals surface area contributed by atoms with Crippen LogP contribution >= 0.6 is 0 Å². The van der Waals surface area contributed by atoms with Crippen LogP contribution in [0.25, 0.3) is 5.76 Å². The van der Waals surface area contributed by atoms with Crippen LogP contribution < -0.4 is 0 Å². The summed E-state index contributed by atoms with van der Waals surface area (Å²) in [4.78, 5) is 26.9. The third kappa shape index (κ3) is 3.87. The van der Waals surface area contributed by atoms with E-state index in [1.54, 1.807) is 31.2 Å². The smallest absolute Gasteiger partial charge is 0.295 e. The number of Topliss-reactive ketones (excluding diaryl/α,β-unsaturated/α-hetero) is 1. The van der Waals surface area contributed by atoms with Crippen LogP contribution in [0.2, 0.25) is 0 Å². The maximum Gasteiger partial charge on any atom is 0.295 e. The summed E-state index contributed by atoms with van der Waals surface area (Å²) in [6.07, 6.45) is 0.00804. The van der Waals surface area contributed by atoms with Crippen molar-refractivity contribution in [2.75, 3.05) is 13.2 Å². The fourth-order valence-electron chi connectivity index (χ4n) is 3.26. The molecule has 1 atom stereocenters. The summed E-state index contributed by atoms with van der Waals surface area (Å²) in [5, 5.41) is 10.9. The quantitative estimate of drug-likeness (QED) is 0.467. The molecule has 28 heavy (non-hydrogen) atoms. The van der Waals surface area contributed by atoms with Gasteiger partial charge < -0.3 is 19.2 Å². The van der Waals surface area contributed by atoms with Crippen molar-refractivity contribution in [1.82, 2.24) is 4.90 Å². The molecule has 0 bridgehead atoms. The van der Waals surface area contributed by atoms with E-state index in [1.807, 2.05) is 32.9 Å². The predicted octanol–water partition coefficient (Wildman–Crippen LogP) is 3.74. The third-order valence-corrected chi connectivity index (χ3v) is 4.68. The molecule has 6 heteroatoms. The third-order valence-electron chi connectivity index (χ3n) is 4.68. The van der Waals surface area contributed by atoms with Gasteiger partial charge in [0, 0.05) is 12.1 Å². The Bertz CT molecular complexity index is 907. The number of amides is 1. The van der Waals surface area contributed by atoms with Crippen molar-refractivity contribution in [2.45, 2.75) is 39.8 Å². The van der Waals surface area contributed by atoms with Crippen LogP contribution in [0, 0.1) is 13.8 Å². The molecule has 1 N–H and O–H groups in total. The molecule has 0 spiro atoms. The summed E-state index contributed by atoms with van der Waals surface area (Å²) in [6, 6.07) is 9.85. The average molecular weight is 383 g/mol. The summed E-state index contributed by atoms with van der Waals surface area (Å²) >= 11 is 0. The van der Waals surface area contributed by atoms with Crippen LogP contribution in [0.5, 0.6) is 0 Å². The number of aliphatic hydroxyl groups is 1. The molecule has 1 aromatic carbocycles. The van der Waals surface area contributed by atoms with Crippen molar-refractivity contribution in [3.63, 3.8) is 0 Å². The van der Waals surface area contributed by atoms with Crippen molar-refractivity contribution in [2.24, 2.45) is 0 Å². The number of carbonyl (C=O) groups is 2. The summed E-state index contributed by atoms with van der Waals surface area (Å²) in [7, 11) is 0. The van der Waals surface area contributed by atoms with Crippen LogP contribution in [0.4, 0.5) is 0 Å². The average Bonchev–Trinajstić information content (AvgIpc) is 3.18. The maximum absolute atomic E-state index is 12.8. The van der Waals surface area contributed by atoms with Crippen molar-refractivity contribution in [3.05, 3.63) is 64.6 Å². The van der Waals surface area contributed by atoms with Gasteiger partial charge in [0.2, 0.25) is 0 Å². The fraction of sp³-hybridized carbons (Fsp3) is 0.364. The molecular formula is C22H25NO5. The Hall–Kier alpha value is -2.86. The van der Waals surface area contributed by atoms with Gasteiger partial charge in [-0.25, -0.2) is 0 Å². The highest BCUT2D eigenvalue weighted by atomic mass is 16.5. The molecule has 0 aliphatic carbocycles. The summed E-state index contributed by atoms with van der Waals surface area (Å²) in [5.41, 5.74) is 1.55. The molecular weight excluding hydrogens is 358 g/mol. The van der Waals surface area contributed by atoms with Crippen molar-refractivity contribution >= 4 is 17.4 Å². The molecule has 1 aliphatic heterocycles. The zero-order valence-corrected chi connectivity index (χ0v) is 16.6. The molecule has 1 unspecified atom stereocenters. The maximum atomic E-state index is 12.8. The molecule has 1 aliphatic rings. The predicted molar refractivity (Wildman–Crippen MR) is 105 cm³/mol. The summed E-state index contributed by atoms with van der Waals surface area (Å²) in [6.45, 7) is 8.03. The van der Waals surface area contributed by atoms with Crippen LogP contribution in [0.3, 0.4) is 0 Å². The molecule has 2 aromatic rings. The van der Waals surface area contributed by atoms with E-state index in [0.29, 0.717) is 17.1 Å². The van der Waals surface area contributed by atoms with Gasteiger partial charge in [-0.3, -0.25) is 9.59 Å². The molecule has 0 radical (unpaired) electrons. The second-order valence-electron chi connectivity index (χ2n) is 7.23. The monoisotopic (exact) mass is 383 g/mol. The Labute approximate surface area is 164 Å². The first kappa shape index (κ1) is 19.9. The first-order valence-corrected chi connectivity index (χ1v) is 9.33. The fourth-order valence-corrected chi connectivity index (χ4v) is 3.26. The van der Waals surface area contributed by atoms with E-state index in [0.717, 1.165) is 5.56 Å². The van der Waals surface area contributed by atoms with Crippen molar-refractivity contribution < 1.29 is 23.8 Å². The minimum Gasteiger partial charge on any atom is -0.507 e. The first-order chi connectivity index (χ1) is 13.3. The van der Waals surface area contributed by atoms with E-state index in [2.05, 4.69) is 0 Å². The van der Waals surface area contributed by atoms with E-state index in [4.69, 9.17) is 9.15 Å². The highest BCUT2D eigenvalue weighted by molar-refractivity contribution is 6.46. The number of benzene rings is 1. The number of carbonyl (C=O) groups excluding carboxylic acids is 2. The minimum absolute atomic E-state index is 0.00804. The Morgan fingerprint density at radius 1 is 1.14 bits per heavy atom. The lowest BCUT2D eigenvalue weighted by atomic mass is 9.99. The lowest BCUT2D eigenvalue weighted by molar-refractivity contribution is -0.140. The van der Waals surface area contributed by atoms with Crippen molar-refractivity contribution in [3.8, 4) is 0 Å². The van der Waals surface area contributed by atoms with Gasteiger partial charge in [0.15, 0.2) is 0 Å². The van der Waals surface area contributed by atoms with Crippen LogP contribution in [-0.2, 0) is 14.3 Å². The molecule has 1 amide bonds. The van der Waals surface area contributed by atoms with Gasteiger partial charge in [0.1, 0.15) is 23.3 Å². The zero-order chi connectivity index (χ0) is 20.4. The van der Waals surface area contributed by atoms with Crippen LogP contribution in [-0.4, -0.2) is 41.0 Å². The lowest BCUT2D eigenvalue weighted by Gasteiger charge is -2.23. The van der Waals surface area contributed by atoms with E-state index in [9.17, 15) is 14.7 Å².